The van der Waals surface area contributed by atoms with Crippen LogP contribution in [0.5, 0.6) is 11.5 Å². The summed E-state index contributed by atoms with van der Waals surface area (Å²) in [4.78, 5) is 71.1. The molecule has 0 aliphatic carbocycles. The van der Waals surface area contributed by atoms with Crippen molar-refractivity contribution in [2.45, 2.75) is 76.9 Å². The lowest BCUT2D eigenvalue weighted by Gasteiger charge is -2.42. The fourth-order valence-corrected chi connectivity index (χ4v) is 9.01. The Balaban J connectivity index is 0.883. The largest absolute Gasteiger partial charge is 0.493 e. The second kappa shape index (κ2) is 21.3. The number of piperidine rings is 1. The van der Waals surface area contributed by atoms with E-state index in [2.05, 4.69) is 22.5 Å². The van der Waals surface area contributed by atoms with Crippen LogP contribution in [0.3, 0.4) is 0 Å². The van der Waals surface area contributed by atoms with E-state index in [1.807, 2.05) is 62.2 Å². The second-order valence-corrected chi connectivity index (χ2v) is 17.6. The van der Waals surface area contributed by atoms with Gasteiger partial charge in [-0.1, -0.05) is 24.8 Å². The van der Waals surface area contributed by atoms with E-state index in [1.165, 1.54) is 18.1 Å². The third-order valence-corrected chi connectivity index (χ3v) is 12.7. The van der Waals surface area contributed by atoms with Crippen molar-refractivity contribution in [1.29, 1.82) is 0 Å². The Morgan fingerprint density at radius 1 is 0.797 bits per heavy atom. The first kappa shape index (κ1) is 48.2. The van der Waals surface area contributed by atoms with Gasteiger partial charge < -0.3 is 58.2 Å². The summed E-state index contributed by atoms with van der Waals surface area (Å²) in [5.41, 5.74) is 5.81. The van der Waals surface area contributed by atoms with Gasteiger partial charge in [-0.3, -0.25) is 19.2 Å². The highest BCUT2D eigenvalue weighted by atomic mass is 16.7. The number of ether oxygens (including phenoxy) is 5. The van der Waals surface area contributed by atoms with Crippen molar-refractivity contribution in [1.82, 2.24) is 18.6 Å². The van der Waals surface area contributed by atoms with Crippen LogP contribution in [-0.4, -0.2) is 100 Å². The number of benzene rings is 2. The second-order valence-electron chi connectivity index (χ2n) is 17.6. The molecule has 3 aliphatic heterocycles. The Kier molecular flexibility index (Phi) is 14.9. The average Bonchev–Trinajstić information content (AvgIpc) is 4.01. The van der Waals surface area contributed by atoms with Crippen LogP contribution in [0, 0.1) is 6.92 Å². The van der Waals surface area contributed by atoms with Gasteiger partial charge in [-0.05, 0) is 93.8 Å². The van der Waals surface area contributed by atoms with Gasteiger partial charge in [0.25, 0.3) is 17.7 Å². The number of carbonyl (C=O) groups excluding carboxylic acids is 5. The Morgan fingerprint density at radius 3 is 2.22 bits per heavy atom. The number of amides is 5. The van der Waals surface area contributed by atoms with Crippen LogP contribution < -0.4 is 30.3 Å². The lowest BCUT2D eigenvalue weighted by atomic mass is 10.00. The monoisotopic (exact) mass is 944 g/mol. The molecule has 2 aromatic carbocycles. The van der Waals surface area contributed by atoms with E-state index in [4.69, 9.17) is 23.7 Å². The molecule has 3 aromatic heterocycles. The van der Waals surface area contributed by atoms with Crippen LogP contribution in [-0.2, 0) is 40.1 Å². The van der Waals surface area contributed by atoms with Crippen molar-refractivity contribution in [3.63, 3.8) is 0 Å². The lowest BCUT2D eigenvalue weighted by molar-refractivity contribution is -0.198. The molecule has 364 valence electrons. The molecule has 0 spiro atoms. The molecule has 0 saturated carbocycles. The van der Waals surface area contributed by atoms with Crippen LogP contribution in [0.25, 0.3) is 11.1 Å². The van der Waals surface area contributed by atoms with Crippen molar-refractivity contribution in [2.24, 2.45) is 21.1 Å². The summed E-state index contributed by atoms with van der Waals surface area (Å²) in [6.45, 7) is 6.74. The van der Waals surface area contributed by atoms with Gasteiger partial charge >= 0.3 is 6.09 Å². The van der Waals surface area contributed by atoms with E-state index < -0.39 is 24.7 Å². The lowest BCUT2D eigenvalue weighted by Crippen LogP contribution is -2.57. The molecule has 3 atom stereocenters. The van der Waals surface area contributed by atoms with Gasteiger partial charge in [-0.15, -0.1) is 0 Å². The zero-order valence-corrected chi connectivity index (χ0v) is 39.7. The van der Waals surface area contributed by atoms with Gasteiger partial charge in [-0.25, -0.2) is 9.69 Å². The quantitative estimate of drug-likeness (QED) is 0.0646. The molecule has 3 aliphatic rings. The third kappa shape index (κ3) is 10.9. The van der Waals surface area contributed by atoms with Gasteiger partial charge in [0.2, 0.25) is 5.91 Å². The molecule has 6 heterocycles. The molecule has 5 aromatic rings. The highest BCUT2D eigenvalue weighted by Crippen LogP contribution is 2.42. The first-order chi connectivity index (χ1) is 33.3. The molecular formula is C51H60N8O10. The zero-order chi connectivity index (χ0) is 48.8. The van der Waals surface area contributed by atoms with Gasteiger partial charge in [0.15, 0.2) is 24.0 Å². The molecule has 18 heteroatoms. The summed E-state index contributed by atoms with van der Waals surface area (Å²) < 4.78 is 35.4. The number of carbonyl (C=O) groups is 5. The van der Waals surface area contributed by atoms with E-state index in [9.17, 15) is 24.0 Å². The number of anilines is 4. The van der Waals surface area contributed by atoms with Crippen molar-refractivity contribution in [3.8, 4) is 22.6 Å². The maximum Gasteiger partial charge on any atom is 0.416 e. The smallest absolute Gasteiger partial charge is 0.416 e. The van der Waals surface area contributed by atoms with Gasteiger partial charge in [0.05, 0.1) is 42.4 Å². The summed E-state index contributed by atoms with van der Waals surface area (Å²) in [7, 11) is 6.93. The summed E-state index contributed by atoms with van der Waals surface area (Å²) in [6, 6.07) is 15.4. The van der Waals surface area contributed by atoms with Crippen molar-refractivity contribution in [2.75, 3.05) is 54.3 Å². The predicted molar refractivity (Wildman–Crippen MR) is 260 cm³/mol. The normalized spacial score (nSPS) is 17.8. The number of aromatic nitrogens is 3. The van der Waals surface area contributed by atoms with Crippen LogP contribution in [0.2, 0.25) is 0 Å². The predicted octanol–water partition coefficient (Wildman–Crippen LogP) is 8.00. The number of fused-ring (bicyclic) bond motifs is 2. The standard InChI is InChI=1S/C51H60N8O10/c1-7-21-68-51(64)59-40-28-44(43(65-6)27-38(40)49(63)58-20-10-8-13-39(58)50(59)69-46-15-9-11-22-67-46)66-23-12-14-45(60)52-37-26-42(57(5)31-37)48(62)53-35-18-16-33(17-19-35)34-25-41(56(4)29-34)47(61)54-36-24-32(2)55(3)30-36/h7,16-19,24-31,39,46,50H,1,8-15,20-23H2,2-6H3,(H,52,60)(H,53,62)(H,54,61)/t39-,46?,50?/m0/s1. The molecule has 2 fully saturated rings. The van der Waals surface area contributed by atoms with E-state index in [-0.39, 0.29) is 66.0 Å². The molecule has 5 amide bonds. The average molecular weight is 945 g/mol. The molecule has 69 heavy (non-hydrogen) atoms. The van der Waals surface area contributed by atoms with E-state index in [1.54, 1.807) is 57.6 Å². The number of methoxy groups -OCH3 is 1. The molecule has 8 rings (SSSR count). The topological polar surface area (TPSA) is 189 Å². The Labute approximate surface area is 401 Å². The molecule has 18 nitrogen and oxygen atoms in total. The number of nitrogens with one attached hydrogen (secondary N) is 3. The third-order valence-electron chi connectivity index (χ3n) is 12.7. The van der Waals surface area contributed by atoms with Crippen LogP contribution >= 0.6 is 0 Å². The van der Waals surface area contributed by atoms with E-state index in [0.29, 0.717) is 55.2 Å². The van der Waals surface area contributed by atoms with Crippen molar-refractivity contribution >= 4 is 52.5 Å². The highest BCUT2D eigenvalue weighted by Gasteiger charge is 2.47. The first-order valence-electron chi connectivity index (χ1n) is 23.3. The van der Waals surface area contributed by atoms with E-state index >= 15 is 0 Å². The SMILES string of the molecule is C=CCOC(=O)N1c2cc(OCCCC(=O)Nc3cc(C(=O)Nc4ccc(-c5cc(C(=O)Nc6cc(C)n(C)c6)n(C)c5)cc4)n(C)c3)c(OC)cc2C(=O)N2CCCC[C@H]2C1OC1CCCCO1. The fraction of sp³-hybridized carbons (Fsp3) is 0.392. The van der Waals surface area contributed by atoms with Crippen LogP contribution in [0.4, 0.5) is 27.5 Å². The molecule has 0 bridgehead atoms. The Bertz CT molecular complexity index is 2690. The fourth-order valence-electron chi connectivity index (χ4n) is 9.01. The number of aryl methyl sites for hydroxylation is 4. The molecular weight excluding hydrogens is 885 g/mol. The number of hydrogen-bond donors (Lipinski definition) is 3. The summed E-state index contributed by atoms with van der Waals surface area (Å²) in [6.07, 6.45) is 9.86. The minimum Gasteiger partial charge on any atom is -0.493 e. The zero-order valence-electron chi connectivity index (χ0n) is 39.7. The van der Waals surface area contributed by atoms with E-state index in [0.717, 1.165) is 48.2 Å². The summed E-state index contributed by atoms with van der Waals surface area (Å²) >= 11 is 0. The molecule has 3 N–H and O–H groups in total. The summed E-state index contributed by atoms with van der Waals surface area (Å²) in [5, 5.41) is 8.74. The highest BCUT2D eigenvalue weighted by molar-refractivity contribution is 6.07. The van der Waals surface area contributed by atoms with Crippen LogP contribution in [0.15, 0.2) is 85.8 Å². The van der Waals surface area contributed by atoms with Crippen molar-refractivity contribution in [3.05, 3.63) is 108 Å². The molecule has 2 unspecified atom stereocenters. The maximum atomic E-state index is 14.3. The van der Waals surface area contributed by atoms with Gasteiger partial charge in [-0.2, -0.15) is 0 Å². The number of rotatable bonds is 16. The molecule has 0 radical (unpaired) electrons. The summed E-state index contributed by atoms with van der Waals surface area (Å²) in [5.74, 6) is -0.589. The minimum absolute atomic E-state index is 0.0508. The van der Waals surface area contributed by atoms with Crippen LogP contribution in [0.1, 0.15) is 88.4 Å². The maximum absolute atomic E-state index is 14.3. The number of hydrogen-bond acceptors (Lipinski definition) is 10. The van der Waals surface area contributed by atoms with Gasteiger partial charge in [0, 0.05) is 82.3 Å². The Hall–Kier alpha value is -7.31. The number of nitrogens with zero attached hydrogens (tertiary/aromatic N) is 5. The van der Waals surface area contributed by atoms with Crippen molar-refractivity contribution < 1.29 is 47.7 Å². The molecule has 2 saturated heterocycles. The first-order valence-corrected chi connectivity index (χ1v) is 23.3. The minimum atomic E-state index is -0.903. The Morgan fingerprint density at radius 2 is 1.51 bits per heavy atom. The van der Waals surface area contributed by atoms with Gasteiger partial charge in [0.1, 0.15) is 18.0 Å².